The van der Waals surface area contributed by atoms with E-state index in [1.54, 1.807) is 12.1 Å². The molecule has 0 aliphatic carbocycles. The number of rotatable bonds is 3. The van der Waals surface area contributed by atoms with Gasteiger partial charge in [-0.3, -0.25) is 9.59 Å². The molecule has 17 heavy (non-hydrogen) atoms. The Bertz CT molecular complexity index is 422. The molecular weight excluding hydrogens is 240 g/mol. The van der Waals surface area contributed by atoms with E-state index < -0.39 is 5.38 Å². The number of amides is 2. The zero-order valence-corrected chi connectivity index (χ0v) is 9.91. The van der Waals surface area contributed by atoms with E-state index in [4.69, 9.17) is 11.6 Å². The van der Waals surface area contributed by atoms with Crippen molar-refractivity contribution < 1.29 is 9.59 Å². The number of hydrogen-bond acceptors (Lipinski definition) is 2. The summed E-state index contributed by atoms with van der Waals surface area (Å²) in [5.41, 5.74) is 0.754. The predicted octanol–water partition coefficient (Wildman–Crippen LogP) is 0.971. The third-order valence-corrected chi connectivity index (χ3v) is 3.10. The number of halogens is 1. The third-order valence-electron chi connectivity index (χ3n) is 2.65. The molecule has 0 saturated carbocycles. The van der Waals surface area contributed by atoms with Crippen LogP contribution in [0.5, 0.6) is 0 Å². The first-order chi connectivity index (χ1) is 8.16. The van der Waals surface area contributed by atoms with Crippen LogP contribution in [0.3, 0.4) is 0 Å². The summed E-state index contributed by atoms with van der Waals surface area (Å²) in [6.07, 6.45) is 0.324. The molecule has 1 aliphatic rings. The van der Waals surface area contributed by atoms with Crippen molar-refractivity contribution in [3.63, 3.8) is 0 Å². The van der Waals surface area contributed by atoms with Crippen molar-refractivity contribution in [1.82, 2.24) is 10.6 Å². The van der Waals surface area contributed by atoms with Gasteiger partial charge in [-0.05, 0) is 5.56 Å². The lowest BCUT2D eigenvalue weighted by Crippen LogP contribution is -2.38. The molecule has 1 aromatic carbocycles. The Labute approximate surface area is 104 Å². The standard InChI is InChI=1S/C12H13ClN2O2/c13-11(8-4-2-1-3-5-8)12(17)15-9-6-10(16)14-7-9/h1-5,9,11H,6-7H2,(H,14,16)(H,15,17). The van der Waals surface area contributed by atoms with Crippen LogP contribution in [0.1, 0.15) is 17.4 Å². The second-order valence-electron chi connectivity index (χ2n) is 3.99. The molecule has 2 rings (SSSR count). The molecule has 1 heterocycles. The van der Waals surface area contributed by atoms with Crippen LogP contribution in [-0.4, -0.2) is 24.4 Å². The minimum Gasteiger partial charge on any atom is -0.354 e. The van der Waals surface area contributed by atoms with Crippen LogP contribution in [0.4, 0.5) is 0 Å². The van der Waals surface area contributed by atoms with Gasteiger partial charge >= 0.3 is 0 Å². The van der Waals surface area contributed by atoms with Gasteiger partial charge in [-0.15, -0.1) is 11.6 Å². The largest absolute Gasteiger partial charge is 0.354 e. The van der Waals surface area contributed by atoms with Crippen molar-refractivity contribution in [2.45, 2.75) is 17.8 Å². The lowest BCUT2D eigenvalue weighted by molar-refractivity contribution is -0.121. The van der Waals surface area contributed by atoms with Crippen molar-refractivity contribution in [2.75, 3.05) is 6.54 Å². The quantitative estimate of drug-likeness (QED) is 0.788. The zero-order chi connectivity index (χ0) is 12.3. The molecule has 0 spiro atoms. The van der Waals surface area contributed by atoms with E-state index in [9.17, 15) is 9.59 Å². The van der Waals surface area contributed by atoms with Crippen molar-refractivity contribution in [2.24, 2.45) is 0 Å². The molecule has 1 aromatic rings. The lowest BCUT2D eigenvalue weighted by Gasteiger charge is -2.14. The van der Waals surface area contributed by atoms with Crippen molar-refractivity contribution in [1.29, 1.82) is 0 Å². The van der Waals surface area contributed by atoms with Crippen LogP contribution in [-0.2, 0) is 9.59 Å². The maximum Gasteiger partial charge on any atom is 0.242 e. The molecule has 0 aromatic heterocycles. The van der Waals surface area contributed by atoms with Crippen LogP contribution in [0.25, 0.3) is 0 Å². The molecule has 4 nitrogen and oxygen atoms in total. The summed E-state index contributed by atoms with van der Waals surface area (Å²) >= 11 is 6.05. The summed E-state index contributed by atoms with van der Waals surface area (Å²) in [4.78, 5) is 22.8. The monoisotopic (exact) mass is 252 g/mol. The minimum absolute atomic E-state index is 0.0406. The van der Waals surface area contributed by atoms with Crippen molar-refractivity contribution >= 4 is 23.4 Å². The second kappa shape index (κ2) is 5.19. The van der Waals surface area contributed by atoms with E-state index in [1.807, 2.05) is 18.2 Å². The Balaban J connectivity index is 1.94. The highest BCUT2D eigenvalue weighted by Gasteiger charge is 2.26. The van der Waals surface area contributed by atoms with Gasteiger partial charge in [-0.1, -0.05) is 30.3 Å². The fourth-order valence-electron chi connectivity index (χ4n) is 1.75. The van der Waals surface area contributed by atoms with Gasteiger partial charge < -0.3 is 10.6 Å². The summed E-state index contributed by atoms with van der Waals surface area (Å²) in [5, 5.41) is 4.69. The Hall–Kier alpha value is -1.55. The molecule has 0 bridgehead atoms. The normalized spacial score (nSPS) is 20.8. The maximum atomic E-state index is 11.8. The Morgan fingerprint density at radius 2 is 2.12 bits per heavy atom. The molecule has 5 heteroatoms. The molecule has 2 N–H and O–H groups in total. The summed E-state index contributed by atoms with van der Waals surface area (Å²) in [6, 6.07) is 8.98. The summed E-state index contributed by atoms with van der Waals surface area (Å²) in [7, 11) is 0. The fourth-order valence-corrected chi connectivity index (χ4v) is 1.96. The highest BCUT2D eigenvalue weighted by Crippen LogP contribution is 2.20. The van der Waals surface area contributed by atoms with Gasteiger partial charge in [0.2, 0.25) is 11.8 Å². The maximum absolute atomic E-state index is 11.8. The van der Waals surface area contributed by atoms with Crippen LogP contribution < -0.4 is 10.6 Å². The fraction of sp³-hybridized carbons (Fsp3) is 0.333. The van der Waals surface area contributed by atoms with Crippen molar-refractivity contribution in [3.8, 4) is 0 Å². The summed E-state index contributed by atoms with van der Waals surface area (Å²) < 4.78 is 0. The number of carbonyl (C=O) groups is 2. The van der Waals surface area contributed by atoms with E-state index in [0.717, 1.165) is 5.56 Å². The highest BCUT2D eigenvalue weighted by molar-refractivity contribution is 6.30. The van der Waals surface area contributed by atoms with E-state index >= 15 is 0 Å². The topological polar surface area (TPSA) is 58.2 Å². The minimum atomic E-state index is -0.716. The number of nitrogens with one attached hydrogen (secondary N) is 2. The number of carbonyl (C=O) groups excluding carboxylic acids is 2. The van der Waals surface area contributed by atoms with Gasteiger partial charge in [0.15, 0.2) is 0 Å². The average molecular weight is 253 g/mol. The molecule has 2 atom stereocenters. The molecule has 1 fully saturated rings. The van der Waals surface area contributed by atoms with Gasteiger partial charge in [0.05, 0.1) is 6.04 Å². The van der Waals surface area contributed by atoms with Gasteiger partial charge in [-0.2, -0.15) is 0 Å². The van der Waals surface area contributed by atoms with Gasteiger partial charge in [-0.25, -0.2) is 0 Å². The van der Waals surface area contributed by atoms with E-state index in [2.05, 4.69) is 10.6 Å². The molecule has 1 saturated heterocycles. The summed E-state index contributed by atoms with van der Waals surface area (Å²) in [6.45, 7) is 0.475. The molecule has 90 valence electrons. The van der Waals surface area contributed by atoms with Gasteiger partial charge in [0.25, 0.3) is 0 Å². The highest BCUT2D eigenvalue weighted by atomic mass is 35.5. The zero-order valence-electron chi connectivity index (χ0n) is 9.15. The molecular formula is C12H13ClN2O2. The number of benzene rings is 1. The molecule has 2 unspecified atom stereocenters. The predicted molar refractivity (Wildman–Crippen MR) is 64.6 cm³/mol. The van der Waals surface area contributed by atoms with Crippen LogP contribution >= 0.6 is 11.6 Å². The first-order valence-electron chi connectivity index (χ1n) is 5.43. The van der Waals surface area contributed by atoms with E-state index in [1.165, 1.54) is 0 Å². The van der Waals surface area contributed by atoms with E-state index in [0.29, 0.717) is 13.0 Å². The molecule has 1 aliphatic heterocycles. The van der Waals surface area contributed by atoms with Crippen LogP contribution in [0.2, 0.25) is 0 Å². The molecule has 2 amide bonds. The van der Waals surface area contributed by atoms with E-state index in [-0.39, 0.29) is 17.9 Å². The van der Waals surface area contributed by atoms with Crippen molar-refractivity contribution in [3.05, 3.63) is 35.9 Å². The van der Waals surface area contributed by atoms with Gasteiger partial charge in [0.1, 0.15) is 5.38 Å². The molecule has 0 radical (unpaired) electrons. The Morgan fingerprint density at radius 3 is 2.71 bits per heavy atom. The van der Waals surface area contributed by atoms with Crippen LogP contribution in [0, 0.1) is 0 Å². The Morgan fingerprint density at radius 1 is 1.41 bits per heavy atom. The second-order valence-corrected chi connectivity index (χ2v) is 4.42. The first kappa shape index (κ1) is 11.9. The smallest absolute Gasteiger partial charge is 0.242 e. The van der Waals surface area contributed by atoms with Gasteiger partial charge in [0, 0.05) is 13.0 Å². The Kier molecular flexibility index (Phi) is 3.64. The third kappa shape index (κ3) is 2.97. The average Bonchev–Trinajstić information content (AvgIpc) is 2.75. The number of alkyl halides is 1. The van der Waals surface area contributed by atoms with Crippen LogP contribution in [0.15, 0.2) is 30.3 Å². The first-order valence-corrected chi connectivity index (χ1v) is 5.86. The SMILES string of the molecule is O=C1CC(NC(=O)C(Cl)c2ccccc2)CN1. The summed E-state index contributed by atoms with van der Waals surface area (Å²) in [5.74, 6) is -0.305. The lowest BCUT2D eigenvalue weighted by atomic mass is 10.1. The number of hydrogen-bond donors (Lipinski definition) is 2.